The van der Waals surface area contributed by atoms with Gasteiger partial charge in [-0.3, -0.25) is 4.98 Å². The van der Waals surface area contributed by atoms with E-state index in [1.165, 1.54) is 37.2 Å². The summed E-state index contributed by atoms with van der Waals surface area (Å²) in [7, 11) is 0. The topological polar surface area (TPSA) is 40.2 Å². The largest absolute Gasteiger partial charge is 0.372 e. The standard InChI is InChI=1S/C17H20N4S/c22-17(20-15-7-9-18-10-8-15)19-13-14-3-5-16(6-4-14)21-11-1-2-12-21/h3-10H,1-2,11-13H2,(H2,18,19,20,22). The second kappa shape index (κ2) is 7.22. The molecule has 4 nitrogen and oxygen atoms in total. The van der Waals surface area contributed by atoms with Crippen molar-refractivity contribution >= 4 is 28.7 Å². The van der Waals surface area contributed by atoms with Crippen LogP contribution in [0.1, 0.15) is 18.4 Å². The minimum absolute atomic E-state index is 0.620. The molecule has 1 fully saturated rings. The first-order valence-corrected chi connectivity index (χ1v) is 8.01. The molecule has 22 heavy (non-hydrogen) atoms. The number of benzene rings is 1. The summed E-state index contributed by atoms with van der Waals surface area (Å²) in [4.78, 5) is 6.42. The minimum Gasteiger partial charge on any atom is -0.372 e. The van der Waals surface area contributed by atoms with Gasteiger partial charge in [0.15, 0.2) is 5.11 Å². The van der Waals surface area contributed by atoms with E-state index < -0.39 is 0 Å². The average Bonchev–Trinajstić information content (AvgIpc) is 3.09. The van der Waals surface area contributed by atoms with Crippen molar-refractivity contribution < 1.29 is 0 Å². The molecular weight excluding hydrogens is 292 g/mol. The normalized spacial score (nSPS) is 13.9. The van der Waals surface area contributed by atoms with Crippen molar-refractivity contribution in [1.82, 2.24) is 10.3 Å². The summed E-state index contributed by atoms with van der Waals surface area (Å²) in [5.74, 6) is 0. The van der Waals surface area contributed by atoms with Gasteiger partial charge in [0.05, 0.1) is 0 Å². The third kappa shape index (κ3) is 3.95. The summed E-state index contributed by atoms with van der Waals surface area (Å²) in [6.07, 6.45) is 6.08. The molecule has 1 aliphatic rings. The molecule has 1 saturated heterocycles. The molecule has 2 heterocycles. The zero-order valence-corrected chi connectivity index (χ0v) is 13.3. The van der Waals surface area contributed by atoms with Crippen molar-refractivity contribution in [3.8, 4) is 0 Å². The van der Waals surface area contributed by atoms with E-state index in [0.717, 1.165) is 12.2 Å². The molecule has 2 N–H and O–H groups in total. The van der Waals surface area contributed by atoms with Crippen LogP contribution in [-0.4, -0.2) is 23.2 Å². The maximum absolute atomic E-state index is 5.30. The van der Waals surface area contributed by atoms with Gasteiger partial charge in [0.2, 0.25) is 0 Å². The van der Waals surface area contributed by atoms with Crippen LogP contribution in [0.15, 0.2) is 48.8 Å². The van der Waals surface area contributed by atoms with E-state index in [4.69, 9.17) is 12.2 Å². The summed E-state index contributed by atoms with van der Waals surface area (Å²) in [5, 5.41) is 6.98. The van der Waals surface area contributed by atoms with E-state index in [-0.39, 0.29) is 0 Å². The lowest BCUT2D eigenvalue weighted by Gasteiger charge is -2.18. The van der Waals surface area contributed by atoms with Gasteiger partial charge in [-0.05, 0) is 54.9 Å². The first-order valence-electron chi connectivity index (χ1n) is 7.60. The van der Waals surface area contributed by atoms with Crippen LogP contribution in [0, 0.1) is 0 Å². The van der Waals surface area contributed by atoms with Crippen molar-refractivity contribution in [2.24, 2.45) is 0 Å². The van der Waals surface area contributed by atoms with Gasteiger partial charge >= 0.3 is 0 Å². The number of hydrogen-bond acceptors (Lipinski definition) is 3. The maximum Gasteiger partial charge on any atom is 0.171 e. The van der Waals surface area contributed by atoms with Crippen molar-refractivity contribution in [2.75, 3.05) is 23.3 Å². The lowest BCUT2D eigenvalue weighted by Crippen LogP contribution is -2.27. The first-order chi connectivity index (χ1) is 10.8. The number of nitrogens with one attached hydrogen (secondary N) is 2. The average molecular weight is 312 g/mol. The Labute approximate surface area is 136 Å². The number of nitrogens with zero attached hydrogens (tertiary/aromatic N) is 2. The fourth-order valence-electron chi connectivity index (χ4n) is 2.59. The molecule has 0 unspecified atom stereocenters. The van der Waals surface area contributed by atoms with Crippen LogP contribution in [0.5, 0.6) is 0 Å². The van der Waals surface area contributed by atoms with Gasteiger partial charge in [-0.2, -0.15) is 0 Å². The van der Waals surface area contributed by atoms with E-state index in [1.807, 2.05) is 12.1 Å². The number of rotatable bonds is 4. The Morgan fingerprint density at radius 3 is 2.41 bits per heavy atom. The number of anilines is 2. The highest BCUT2D eigenvalue weighted by atomic mass is 32.1. The molecule has 1 aromatic carbocycles. The van der Waals surface area contributed by atoms with Gasteiger partial charge in [-0.25, -0.2) is 0 Å². The fraction of sp³-hybridized carbons (Fsp3) is 0.294. The Hall–Kier alpha value is -2.14. The molecule has 0 spiro atoms. The van der Waals surface area contributed by atoms with Crippen molar-refractivity contribution in [1.29, 1.82) is 0 Å². The molecule has 3 rings (SSSR count). The smallest absolute Gasteiger partial charge is 0.171 e. The van der Waals surface area contributed by atoms with Gasteiger partial charge in [0.25, 0.3) is 0 Å². The predicted octanol–water partition coefficient (Wildman–Crippen LogP) is 3.17. The Morgan fingerprint density at radius 1 is 1.05 bits per heavy atom. The van der Waals surface area contributed by atoms with Crippen LogP contribution in [0.4, 0.5) is 11.4 Å². The minimum atomic E-state index is 0.620. The Balaban J connectivity index is 1.49. The number of pyridine rings is 1. The van der Waals surface area contributed by atoms with Crippen LogP contribution in [0.2, 0.25) is 0 Å². The van der Waals surface area contributed by atoms with Gasteiger partial charge in [-0.15, -0.1) is 0 Å². The van der Waals surface area contributed by atoms with Crippen LogP contribution in [0.3, 0.4) is 0 Å². The lowest BCUT2D eigenvalue weighted by atomic mass is 10.2. The highest BCUT2D eigenvalue weighted by Gasteiger charge is 2.11. The summed E-state index contributed by atoms with van der Waals surface area (Å²) < 4.78 is 0. The number of thiocarbonyl (C=S) groups is 1. The zero-order valence-electron chi connectivity index (χ0n) is 12.5. The van der Waals surface area contributed by atoms with Crippen LogP contribution in [-0.2, 0) is 6.54 Å². The highest BCUT2D eigenvalue weighted by molar-refractivity contribution is 7.80. The Morgan fingerprint density at radius 2 is 1.73 bits per heavy atom. The first kappa shape index (κ1) is 14.8. The third-order valence-corrected chi connectivity index (χ3v) is 4.05. The second-order valence-corrected chi connectivity index (χ2v) is 5.81. The van der Waals surface area contributed by atoms with E-state index >= 15 is 0 Å². The van der Waals surface area contributed by atoms with Crippen molar-refractivity contribution in [2.45, 2.75) is 19.4 Å². The quantitative estimate of drug-likeness (QED) is 0.849. The third-order valence-electron chi connectivity index (χ3n) is 3.80. The molecule has 0 saturated carbocycles. The summed E-state index contributed by atoms with van der Waals surface area (Å²) in [6, 6.07) is 12.5. The van der Waals surface area contributed by atoms with E-state index in [2.05, 4.69) is 44.8 Å². The molecule has 1 aliphatic heterocycles. The molecule has 0 atom stereocenters. The lowest BCUT2D eigenvalue weighted by molar-refractivity contribution is 0.921. The summed E-state index contributed by atoms with van der Waals surface area (Å²) >= 11 is 5.30. The van der Waals surface area contributed by atoms with Gasteiger partial charge in [0.1, 0.15) is 0 Å². The van der Waals surface area contributed by atoms with E-state index in [9.17, 15) is 0 Å². The van der Waals surface area contributed by atoms with Gasteiger partial charge in [-0.1, -0.05) is 12.1 Å². The monoisotopic (exact) mass is 312 g/mol. The Kier molecular flexibility index (Phi) is 4.85. The summed E-state index contributed by atoms with van der Waals surface area (Å²) in [6.45, 7) is 3.08. The molecule has 0 amide bonds. The number of hydrogen-bond donors (Lipinski definition) is 2. The van der Waals surface area contributed by atoms with Crippen LogP contribution in [0.25, 0.3) is 0 Å². The predicted molar refractivity (Wildman–Crippen MR) is 95.2 cm³/mol. The van der Waals surface area contributed by atoms with E-state index in [1.54, 1.807) is 12.4 Å². The van der Waals surface area contributed by atoms with Crippen molar-refractivity contribution in [3.63, 3.8) is 0 Å². The summed E-state index contributed by atoms with van der Waals surface area (Å²) in [5.41, 5.74) is 3.48. The number of aromatic nitrogens is 1. The molecule has 0 radical (unpaired) electrons. The highest BCUT2D eigenvalue weighted by Crippen LogP contribution is 2.20. The maximum atomic E-state index is 5.30. The zero-order chi connectivity index (χ0) is 15.2. The van der Waals surface area contributed by atoms with Crippen molar-refractivity contribution in [3.05, 3.63) is 54.4 Å². The molecule has 0 aliphatic carbocycles. The SMILES string of the molecule is S=C(NCc1ccc(N2CCCC2)cc1)Nc1ccncc1. The van der Waals surface area contributed by atoms with Crippen LogP contribution >= 0.6 is 12.2 Å². The molecule has 0 bridgehead atoms. The van der Waals surface area contributed by atoms with E-state index in [0.29, 0.717) is 5.11 Å². The Bertz CT molecular complexity index is 606. The molecule has 114 valence electrons. The fourth-order valence-corrected chi connectivity index (χ4v) is 2.78. The molecular formula is C17H20N4S. The van der Waals surface area contributed by atoms with Gasteiger partial charge in [0, 0.05) is 43.4 Å². The van der Waals surface area contributed by atoms with Crippen LogP contribution < -0.4 is 15.5 Å². The molecule has 1 aromatic heterocycles. The molecule has 5 heteroatoms. The second-order valence-electron chi connectivity index (χ2n) is 5.40. The van der Waals surface area contributed by atoms with Gasteiger partial charge < -0.3 is 15.5 Å². The molecule has 2 aromatic rings.